The molecule has 3 rings (SSSR count). The molecule has 1 aromatic carbocycles. The number of aromatic nitrogens is 4. The van der Waals surface area contributed by atoms with Crippen LogP contribution in [-0.4, -0.2) is 19.7 Å². The molecule has 0 saturated heterocycles. The third-order valence-electron chi connectivity index (χ3n) is 3.04. The van der Waals surface area contributed by atoms with E-state index < -0.39 is 0 Å². The Hall–Kier alpha value is -1.56. The predicted molar refractivity (Wildman–Crippen MR) is 89.5 cm³/mol. The summed E-state index contributed by atoms with van der Waals surface area (Å²) >= 11 is 13.7. The molecule has 22 heavy (non-hydrogen) atoms. The molecule has 0 aliphatic carbocycles. The molecule has 0 spiro atoms. The predicted octanol–water partition coefficient (Wildman–Crippen LogP) is 4.82. The number of hydrogen-bond donors (Lipinski definition) is 0. The van der Waals surface area contributed by atoms with Gasteiger partial charge in [0.2, 0.25) is 0 Å². The van der Waals surface area contributed by atoms with Crippen molar-refractivity contribution in [2.24, 2.45) is 0 Å². The van der Waals surface area contributed by atoms with Gasteiger partial charge >= 0.3 is 0 Å². The highest BCUT2D eigenvalue weighted by molar-refractivity contribution is 7.99. The molecular weight excluding hydrogens is 339 g/mol. The number of rotatable bonds is 4. The van der Waals surface area contributed by atoms with E-state index in [9.17, 15) is 0 Å². The first kappa shape index (κ1) is 15.3. The lowest BCUT2D eigenvalue weighted by Crippen LogP contribution is -1.92. The van der Waals surface area contributed by atoms with Crippen molar-refractivity contribution < 1.29 is 0 Å². The Bertz CT molecular complexity index is 786. The third kappa shape index (κ3) is 3.27. The van der Waals surface area contributed by atoms with Gasteiger partial charge < -0.3 is 0 Å². The second kappa shape index (κ2) is 6.69. The molecule has 0 radical (unpaired) electrons. The van der Waals surface area contributed by atoms with Crippen molar-refractivity contribution in [1.82, 2.24) is 19.7 Å². The Morgan fingerprint density at radius 2 is 2.00 bits per heavy atom. The van der Waals surface area contributed by atoms with Gasteiger partial charge in [-0.15, -0.1) is 0 Å². The monoisotopic (exact) mass is 350 g/mol. The quantitative estimate of drug-likeness (QED) is 0.676. The van der Waals surface area contributed by atoms with Gasteiger partial charge in [0.25, 0.3) is 0 Å². The van der Waals surface area contributed by atoms with Crippen molar-refractivity contribution in [3.63, 3.8) is 0 Å². The Balaban J connectivity index is 1.93. The summed E-state index contributed by atoms with van der Waals surface area (Å²) in [5.74, 6) is 0. The van der Waals surface area contributed by atoms with E-state index in [1.807, 2.05) is 42.2 Å². The molecule has 0 saturated carbocycles. The molecule has 4 nitrogen and oxygen atoms in total. The maximum Gasteiger partial charge on any atom is 0.147 e. The zero-order chi connectivity index (χ0) is 15.5. The average molecular weight is 351 g/mol. The topological polar surface area (TPSA) is 43.6 Å². The van der Waals surface area contributed by atoms with Crippen LogP contribution in [0.1, 0.15) is 6.92 Å². The summed E-state index contributed by atoms with van der Waals surface area (Å²) in [6.07, 6.45) is 6.96. The maximum absolute atomic E-state index is 6.54. The Kier molecular flexibility index (Phi) is 4.66. The van der Waals surface area contributed by atoms with Gasteiger partial charge in [-0.3, -0.25) is 4.68 Å². The highest BCUT2D eigenvalue weighted by atomic mass is 35.5. The first-order valence-electron chi connectivity index (χ1n) is 6.64. The standard InChI is InChI=1S/C15H12Cl2N4S/c1-2-21-9-10(6-20-21)11-4-3-5-12(15(11)17)22-14-8-18-13(16)7-19-14/h3-9H,2H2,1H3. The SMILES string of the molecule is CCn1cc(-c2cccc(Sc3cnc(Cl)cn3)c2Cl)cn1. The fourth-order valence-electron chi connectivity index (χ4n) is 1.95. The number of halogens is 2. The highest BCUT2D eigenvalue weighted by Gasteiger charge is 2.11. The molecule has 2 aromatic heterocycles. The minimum absolute atomic E-state index is 0.371. The lowest BCUT2D eigenvalue weighted by Gasteiger charge is -2.07. The molecule has 2 heterocycles. The molecule has 112 valence electrons. The van der Waals surface area contributed by atoms with Crippen molar-refractivity contribution in [2.75, 3.05) is 0 Å². The summed E-state index contributed by atoms with van der Waals surface area (Å²) in [6.45, 7) is 2.87. The van der Waals surface area contributed by atoms with E-state index in [0.717, 1.165) is 27.6 Å². The first-order chi connectivity index (χ1) is 10.7. The Morgan fingerprint density at radius 1 is 1.14 bits per heavy atom. The molecule has 0 aliphatic heterocycles. The van der Waals surface area contributed by atoms with E-state index >= 15 is 0 Å². The molecule has 0 aliphatic rings. The van der Waals surface area contributed by atoms with Gasteiger partial charge in [-0.25, -0.2) is 9.97 Å². The van der Waals surface area contributed by atoms with Gasteiger partial charge in [0.1, 0.15) is 10.2 Å². The van der Waals surface area contributed by atoms with Gasteiger partial charge in [-0.2, -0.15) is 5.10 Å². The van der Waals surface area contributed by atoms with Crippen molar-refractivity contribution in [2.45, 2.75) is 23.4 Å². The van der Waals surface area contributed by atoms with Gasteiger partial charge in [-0.05, 0) is 13.0 Å². The zero-order valence-electron chi connectivity index (χ0n) is 11.7. The molecule has 0 fully saturated rings. The average Bonchev–Trinajstić information content (AvgIpc) is 3.00. The van der Waals surface area contributed by atoms with E-state index in [1.54, 1.807) is 6.20 Å². The van der Waals surface area contributed by atoms with Crippen LogP contribution < -0.4 is 0 Å². The zero-order valence-corrected chi connectivity index (χ0v) is 14.0. The minimum atomic E-state index is 0.371. The molecule has 7 heteroatoms. The Morgan fingerprint density at radius 3 is 2.68 bits per heavy atom. The molecule has 0 N–H and O–H groups in total. The molecule has 0 amide bonds. The van der Waals surface area contributed by atoms with E-state index in [0.29, 0.717) is 10.2 Å². The van der Waals surface area contributed by atoms with Crippen LogP contribution in [0.4, 0.5) is 0 Å². The molecule has 3 aromatic rings. The molecular formula is C15H12Cl2N4S. The summed E-state index contributed by atoms with van der Waals surface area (Å²) in [5, 5.41) is 6.08. The third-order valence-corrected chi connectivity index (χ3v) is 4.74. The lowest BCUT2D eigenvalue weighted by molar-refractivity contribution is 0.660. The van der Waals surface area contributed by atoms with Crippen molar-refractivity contribution in [3.05, 3.63) is 53.2 Å². The van der Waals surface area contributed by atoms with E-state index in [4.69, 9.17) is 23.2 Å². The van der Waals surface area contributed by atoms with E-state index in [2.05, 4.69) is 15.1 Å². The van der Waals surface area contributed by atoms with Crippen LogP contribution in [0.5, 0.6) is 0 Å². The van der Waals surface area contributed by atoms with E-state index in [1.165, 1.54) is 18.0 Å². The van der Waals surface area contributed by atoms with Crippen molar-refractivity contribution in [1.29, 1.82) is 0 Å². The van der Waals surface area contributed by atoms with Crippen LogP contribution in [0.3, 0.4) is 0 Å². The van der Waals surface area contributed by atoms with Crippen LogP contribution in [0, 0.1) is 0 Å². The number of benzene rings is 1. The molecule has 0 unspecified atom stereocenters. The molecule has 0 bridgehead atoms. The van der Waals surface area contributed by atoms with Crippen molar-refractivity contribution in [3.8, 4) is 11.1 Å². The summed E-state index contributed by atoms with van der Waals surface area (Å²) in [4.78, 5) is 9.17. The minimum Gasteiger partial charge on any atom is -0.272 e. The maximum atomic E-state index is 6.54. The van der Waals surface area contributed by atoms with Crippen LogP contribution in [0.25, 0.3) is 11.1 Å². The number of hydrogen-bond acceptors (Lipinski definition) is 4. The summed E-state index contributed by atoms with van der Waals surface area (Å²) in [6, 6.07) is 5.91. The number of nitrogens with zero attached hydrogens (tertiary/aromatic N) is 4. The summed E-state index contributed by atoms with van der Waals surface area (Å²) in [5.41, 5.74) is 1.95. The lowest BCUT2D eigenvalue weighted by atomic mass is 10.1. The van der Waals surface area contributed by atoms with Gasteiger partial charge in [0.15, 0.2) is 0 Å². The highest BCUT2D eigenvalue weighted by Crippen LogP contribution is 2.38. The number of aryl methyl sites for hydroxylation is 1. The fourth-order valence-corrected chi connectivity index (χ4v) is 3.18. The Labute approximate surface area is 142 Å². The summed E-state index contributed by atoms with van der Waals surface area (Å²) < 4.78 is 1.87. The largest absolute Gasteiger partial charge is 0.272 e. The molecule has 0 atom stereocenters. The summed E-state index contributed by atoms with van der Waals surface area (Å²) in [7, 11) is 0. The van der Waals surface area contributed by atoms with Crippen LogP contribution in [0.15, 0.2) is 52.9 Å². The van der Waals surface area contributed by atoms with Gasteiger partial charge in [0, 0.05) is 28.8 Å². The fraction of sp³-hybridized carbons (Fsp3) is 0.133. The normalized spacial score (nSPS) is 10.9. The van der Waals surface area contributed by atoms with Gasteiger partial charge in [0.05, 0.1) is 23.6 Å². The second-order valence-corrected chi connectivity index (χ2v) is 6.31. The van der Waals surface area contributed by atoms with E-state index in [-0.39, 0.29) is 0 Å². The van der Waals surface area contributed by atoms with Crippen LogP contribution in [0.2, 0.25) is 10.2 Å². The first-order valence-corrected chi connectivity index (χ1v) is 8.21. The smallest absolute Gasteiger partial charge is 0.147 e. The van der Waals surface area contributed by atoms with Crippen LogP contribution >= 0.6 is 35.0 Å². The van der Waals surface area contributed by atoms with Crippen LogP contribution in [-0.2, 0) is 6.54 Å². The van der Waals surface area contributed by atoms with Gasteiger partial charge in [-0.1, -0.05) is 47.1 Å². The van der Waals surface area contributed by atoms with Crippen molar-refractivity contribution >= 4 is 35.0 Å². The second-order valence-electron chi connectivity index (χ2n) is 4.48.